The number of hydrogen-bond acceptors (Lipinski definition) is 3. The van der Waals surface area contributed by atoms with Gasteiger partial charge in [-0.1, -0.05) is 24.3 Å². The fraction of sp³-hybridized carbons (Fsp3) is 0.167. The summed E-state index contributed by atoms with van der Waals surface area (Å²) in [6, 6.07) is 7.78. The molecule has 0 spiro atoms. The zero-order valence-electron chi connectivity index (χ0n) is 8.68. The van der Waals surface area contributed by atoms with Crippen molar-refractivity contribution in [3.8, 4) is 0 Å². The van der Waals surface area contributed by atoms with Crippen LogP contribution >= 0.6 is 0 Å². The molecule has 1 aromatic heterocycles. The van der Waals surface area contributed by atoms with Crippen molar-refractivity contribution in [2.45, 2.75) is 12.8 Å². The molecule has 16 heavy (non-hydrogen) atoms. The molecule has 0 aliphatic heterocycles. The molecular formula is C12H11BO3. The number of furan rings is 1. The highest BCUT2D eigenvalue weighted by molar-refractivity contribution is 6.65. The molecule has 0 atom stereocenters. The van der Waals surface area contributed by atoms with E-state index >= 15 is 0 Å². The average Bonchev–Trinajstić information content (AvgIpc) is 2.67. The first-order chi connectivity index (χ1) is 7.77. The minimum Gasteiger partial charge on any atom is -0.457 e. The van der Waals surface area contributed by atoms with Crippen molar-refractivity contribution in [3.63, 3.8) is 0 Å². The van der Waals surface area contributed by atoms with Gasteiger partial charge in [-0.2, -0.15) is 0 Å². The Kier molecular flexibility index (Phi) is 2.12. The largest absolute Gasteiger partial charge is 0.491 e. The molecule has 80 valence electrons. The molecule has 0 unspecified atom stereocenters. The van der Waals surface area contributed by atoms with E-state index in [0.29, 0.717) is 11.2 Å². The summed E-state index contributed by atoms with van der Waals surface area (Å²) in [5.41, 5.74) is 2.37. The van der Waals surface area contributed by atoms with Gasteiger partial charge in [-0.05, 0) is 18.9 Å². The predicted molar refractivity (Wildman–Crippen MR) is 62.7 cm³/mol. The first-order valence-electron chi connectivity index (χ1n) is 5.34. The second-order valence-corrected chi connectivity index (χ2v) is 3.98. The zero-order valence-corrected chi connectivity index (χ0v) is 8.68. The van der Waals surface area contributed by atoms with E-state index in [1.807, 2.05) is 30.3 Å². The number of fused-ring (bicyclic) bond motifs is 3. The second-order valence-electron chi connectivity index (χ2n) is 3.98. The van der Waals surface area contributed by atoms with E-state index in [4.69, 9.17) is 4.42 Å². The van der Waals surface area contributed by atoms with Crippen LogP contribution in [0.25, 0.3) is 16.4 Å². The lowest BCUT2D eigenvalue weighted by molar-refractivity contribution is 0.424. The van der Waals surface area contributed by atoms with Gasteiger partial charge in [0.25, 0.3) is 0 Å². The van der Waals surface area contributed by atoms with Crippen LogP contribution < -0.4 is 0 Å². The number of para-hydroxylation sites is 1. The number of benzene rings is 1. The third-order valence-electron chi connectivity index (χ3n) is 3.00. The van der Waals surface area contributed by atoms with Crippen LogP contribution in [0.5, 0.6) is 0 Å². The Morgan fingerprint density at radius 2 is 2.00 bits per heavy atom. The van der Waals surface area contributed by atoms with Crippen molar-refractivity contribution in [2.75, 3.05) is 0 Å². The highest BCUT2D eigenvalue weighted by Crippen LogP contribution is 2.35. The van der Waals surface area contributed by atoms with Gasteiger partial charge in [0.1, 0.15) is 11.3 Å². The summed E-state index contributed by atoms with van der Waals surface area (Å²) in [5, 5.41) is 19.6. The Bertz CT molecular complexity index is 569. The third kappa shape index (κ3) is 1.31. The molecule has 2 N–H and O–H groups in total. The van der Waals surface area contributed by atoms with E-state index in [1.54, 1.807) is 0 Å². The van der Waals surface area contributed by atoms with Gasteiger partial charge in [0.15, 0.2) is 0 Å². The number of rotatable bonds is 1. The van der Waals surface area contributed by atoms with E-state index < -0.39 is 7.12 Å². The second kappa shape index (κ2) is 3.51. The molecule has 0 saturated heterocycles. The van der Waals surface area contributed by atoms with Crippen molar-refractivity contribution in [1.82, 2.24) is 0 Å². The van der Waals surface area contributed by atoms with Crippen LogP contribution in [0.1, 0.15) is 17.7 Å². The summed E-state index contributed by atoms with van der Waals surface area (Å²) < 4.78 is 5.68. The molecule has 3 rings (SSSR count). The van der Waals surface area contributed by atoms with Gasteiger partial charge >= 0.3 is 7.12 Å². The summed E-state index contributed by atoms with van der Waals surface area (Å²) in [6.45, 7) is 0. The minimum atomic E-state index is -1.46. The Labute approximate surface area is 93.2 Å². The van der Waals surface area contributed by atoms with Crippen LogP contribution in [0.15, 0.2) is 34.8 Å². The van der Waals surface area contributed by atoms with Crippen molar-refractivity contribution in [3.05, 3.63) is 41.7 Å². The summed E-state index contributed by atoms with van der Waals surface area (Å²) in [6.07, 6.45) is 3.54. The molecule has 2 aromatic rings. The molecule has 0 fully saturated rings. The summed E-state index contributed by atoms with van der Waals surface area (Å²) in [4.78, 5) is 0. The highest BCUT2D eigenvalue weighted by Gasteiger charge is 2.27. The average molecular weight is 214 g/mol. The first-order valence-corrected chi connectivity index (χ1v) is 5.34. The number of aryl methyl sites for hydroxylation is 1. The van der Waals surface area contributed by atoms with E-state index in [-0.39, 0.29) is 0 Å². The lowest BCUT2D eigenvalue weighted by atomic mass is 9.73. The smallest absolute Gasteiger partial charge is 0.457 e. The molecule has 0 saturated carbocycles. The Morgan fingerprint density at radius 1 is 1.19 bits per heavy atom. The Morgan fingerprint density at radius 3 is 2.81 bits per heavy atom. The number of hydrogen-bond donors (Lipinski definition) is 2. The van der Waals surface area contributed by atoms with Gasteiger partial charge in [0.05, 0.1) is 0 Å². The highest BCUT2D eigenvalue weighted by atomic mass is 16.4. The van der Waals surface area contributed by atoms with Gasteiger partial charge in [0.2, 0.25) is 0 Å². The molecule has 0 radical (unpaired) electrons. The molecular weight excluding hydrogens is 203 g/mol. The molecule has 4 heteroatoms. The standard InChI is InChI=1S/C12H11BO3/c14-13(15)10-6-3-5-9-8-4-1-2-7-11(8)16-12(9)10/h1-2,4,6-7,14-15H,3,5H2. The maximum atomic E-state index is 9.28. The van der Waals surface area contributed by atoms with Gasteiger partial charge in [-0.3, -0.25) is 0 Å². The normalized spacial score (nSPS) is 14.8. The molecule has 3 nitrogen and oxygen atoms in total. The molecule has 1 aromatic carbocycles. The van der Waals surface area contributed by atoms with Crippen LogP contribution in [-0.4, -0.2) is 17.2 Å². The Hall–Kier alpha value is -1.52. The monoisotopic (exact) mass is 214 g/mol. The lowest BCUT2D eigenvalue weighted by Gasteiger charge is -2.11. The van der Waals surface area contributed by atoms with E-state index in [9.17, 15) is 10.0 Å². The summed E-state index contributed by atoms with van der Waals surface area (Å²) in [7, 11) is -1.46. The predicted octanol–water partition coefficient (Wildman–Crippen LogP) is 1.77. The van der Waals surface area contributed by atoms with Crippen molar-refractivity contribution in [1.29, 1.82) is 0 Å². The van der Waals surface area contributed by atoms with E-state index in [0.717, 1.165) is 29.4 Å². The van der Waals surface area contributed by atoms with Crippen LogP contribution in [0.3, 0.4) is 0 Å². The Balaban J connectivity index is 2.27. The minimum absolute atomic E-state index is 0.484. The van der Waals surface area contributed by atoms with Gasteiger partial charge in [-0.25, -0.2) is 0 Å². The van der Waals surface area contributed by atoms with Crippen molar-refractivity contribution < 1.29 is 14.5 Å². The summed E-state index contributed by atoms with van der Waals surface area (Å²) in [5.74, 6) is 0.627. The zero-order chi connectivity index (χ0) is 11.1. The fourth-order valence-corrected chi connectivity index (χ4v) is 2.27. The molecule has 0 amide bonds. The summed E-state index contributed by atoms with van der Waals surface area (Å²) >= 11 is 0. The number of allylic oxidation sites excluding steroid dienone is 1. The van der Waals surface area contributed by atoms with Gasteiger partial charge in [-0.15, -0.1) is 0 Å². The van der Waals surface area contributed by atoms with E-state index in [1.165, 1.54) is 0 Å². The van der Waals surface area contributed by atoms with E-state index in [2.05, 4.69) is 0 Å². The topological polar surface area (TPSA) is 53.6 Å². The van der Waals surface area contributed by atoms with Gasteiger partial charge in [0, 0.05) is 16.4 Å². The SMILES string of the molecule is OB(O)C1=CCCc2c1oc1ccccc21. The van der Waals surface area contributed by atoms with Crippen LogP contribution in [0, 0.1) is 0 Å². The maximum absolute atomic E-state index is 9.28. The van der Waals surface area contributed by atoms with Crippen LogP contribution in [-0.2, 0) is 6.42 Å². The maximum Gasteiger partial charge on any atom is 0.491 e. The molecule has 1 aliphatic rings. The lowest BCUT2D eigenvalue weighted by Crippen LogP contribution is -2.16. The quantitative estimate of drug-likeness (QED) is 0.711. The fourth-order valence-electron chi connectivity index (χ4n) is 2.27. The van der Waals surface area contributed by atoms with Crippen LogP contribution in [0.4, 0.5) is 0 Å². The molecule has 0 bridgehead atoms. The van der Waals surface area contributed by atoms with Crippen molar-refractivity contribution in [2.24, 2.45) is 0 Å². The van der Waals surface area contributed by atoms with Crippen LogP contribution in [0.2, 0.25) is 0 Å². The third-order valence-corrected chi connectivity index (χ3v) is 3.00. The first kappa shape index (κ1) is 9.69. The molecule has 1 aliphatic carbocycles. The molecule has 1 heterocycles. The van der Waals surface area contributed by atoms with Gasteiger partial charge < -0.3 is 14.5 Å². The van der Waals surface area contributed by atoms with Crippen molar-refractivity contribution >= 4 is 23.6 Å².